The van der Waals surface area contributed by atoms with E-state index in [2.05, 4.69) is 47.9 Å². The lowest BCUT2D eigenvalue weighted by Crippen LogP contribution is -2.23. The fraction of sp³-hybridized carbons (Fsp3) is 0.174. The number of carbonyl (C=O) groups excluding carboxylic acids is 1. The quantitative estimate of drug-likeness (QED) is 0.657. The second kappa shape index (κ2) is 7.87. The third-order valence-corrected chi connectivity index (χ3v) is 4.39. The van der Waals surface area contributed by atoms with Crippen LogP contribution in [0.1, 0.15) is 16.7 Å². The van der Waals surface area contributed by atoms with Crippen LogP contribution in [-0.4, -0.2) is 12.5 Å². The van der Waals surface area contributed by atoms with Gasteiger partial charge >= 0.3 is 0 Å². The van der Waals surface area contributed by atoms with Crippen molar-refractivity contribution in [1.29, 1.82) is 0 Å². The first-order valence-electron chi connectivity index (χ1n) is 8.80. The van der Waals surface area contributed by atoms with Crippen LogP contribution in [-0.2, 0) is 4.79 Å². The van der Waals surface area contributed by atoms with Crippen molar-refractivity contribution in [3.05, 3.63) is 83.4 Å². The van der Waals surface area contributed by atoms with E-state index in [9.17, 15) is 4.79 Å². The number of hydrogen-bond donors (Lipinski definition) is 2. The maximum atomic E-state index is 12.4. The van der Waals surface area contributed by atoms with E-state index in [-0.39, 0.29) is 12.5 Å². The fourth-order valence-corrected chi connectivity index (χ4v) is 3.24. The van der Waals surface area contributed by atoms with Crippen LogP contribution in [0.4, 0.5) is 11.4 Å². The molecule has 0 spiro atoms. The van der Waals surface area contributed by atoms with Gasteiger partial charge in [0.05, 0.1) is 6.54 Å². The summed E-state index contributed by atoms with van der Waals surface area (Å²) in [5.41, 5.74) is 7.43. The highest BCUT2D eigenvalue weighted by Crippen LogP contribution is 2.27. The Morgan fingerprint density at radius 1 is 0.846 bits per heavy atom. The van der Waals surface area contributed by atoms with Gasteiger partial charge in [0.15, 0.2) is 0 Å². The Balaban J connectivity index is 1.72. The molecular formula is C23H24N2O. The van der Waals surface area contributed by atoms with Crippen molar-refractivity contribution in [3.8, 4) is 11.1 Å². The van der Waals surface area contributed by atoms with Gasteiger partial charge < -0.3 is 10.6 Å². The summed E-state index contributed by atoms with van der Waals surface area (Å²) in [6, 6.07) is 22.4. The van der Waals surface area contributed by atoms with Gasteiger partial charge in [-0.3, -0.25) is 4.79 Å². The Kier molecular flexibility index (Phi) is 5.37. The van der Waals surface area contributed by atoms with Gasteiger partial charge in [0.25, 0.3) is 0 Å². The minimum absolute atomic E-state index is 0.0529. The second-order valence-electron chi connectivity index (χ2n) is 6.59. The summed E-state index contributed by atoms with van der Waals surface area (Å²) in [6.45, 7) is 6.33. The summed E-state index contributed by atoms with van der Waals surface area (Å²) in [5.74, 6) is -0.0529. The number of benzene rings is 3. The molecule has 0 aliphatic heterocycles. The monoisotopic (exact) mass is 344 g/mol. The summed E-state index contributed by atoms with van der Waals surface area (Å²) >= 11 is 0. The lowest BCUT2D eigenvalue weighted by atomic mass is 10.0. The molecule has 3 heteroatoms. The van der Waals surface area contributed by atoms with Crippen molar-refractivity contribution < 1.29 is 4.79 Å². The Hall–Kier alpha value is -3.07. The summed E-state index contributed by atoms with van der Waals surface area (Å²) in [4.78, 5) is 12.4. The molecule has 3 aromatic carbocycles. The first kappa shape index (κ1) is 17.7. The summed E-state index contributed by atoms with van der Waals surface area (Å²) < 4.78 is 0. The molecule has 132 valence electrons. The topological polar surface area (TPSA) is 41.1 Å². The van der Waals surface area contributed by atoms with Gasteiger partial charge in [-0.05, 0) is 43.5 Å². The molecular weight excluding hydrogens is 320 g/mol. The van der Waals surface area contributed by atoms with E-state index in [0.717, 1.165) is 33.6 Å². The van der Waals surface area contributed by atoms with E-state index in [1.165, 1.54) is 5.56 Å². The van der Waals surface area contributed by atoms with Crippen molar-refractivity contribution in [1.82, 2.24) is 0 Å². The molecule has 0 saturated carbocycles. The highest BCUT2D eigenvalue weighted by molar-refractivity contribution is 5.95. The fourth-order valence-electron chi connectivity index (χ4n) is 3.24. The number of carbonyl (C=O) groups is 1. The van der Waals surface area contributed by atoms with Crippen LogP contribution >= 0.6 is 0 Å². The third-order valence-electron chi connectivity index (χ3n) is 4.39. The second-order valence-corrected chi connectivity index (χ2v) is 6.59. The predicted octanol–water partition coefficient (Wildman–Crippen LogP) is 5.33. The van der Waals surface area contributed by atoms with Gasteiger partial charge in [0, 0.05) is 16.9 Å². The maximum Gasteiger partial charge on any atom is 0.243 e. The van der Waals surface area contributed by atoms with Crippen molar-refractivity contribution in [2.75, 3.05) is 17.2 Å². The standard InChI is InChI=1S/C23H24N2O/c1-16-13-17(2)23(18(3)14-16)25-22(26)15-24-21-12-8-7-11-20(21)19-9-5-4-6-10-19/h4-14,24H,15H2,1-3H3,(H,25,26). The van der Waals surface area contributed by atoms with Crippen LogP contribution < -0.4 is 10.6 Å². The van der Waals surface area contributed by atoms with Gasteiger partial charge in [-0.25, -0.2) is 0 Å². The molecule has 0 radical (unpaired) electrons. The van der Waals surface area contributed by atoms with Crippen molar-refractivity contribution in [3.63, 3.8) is 0 Å². The zero-order valence-electron chi connectivity index (χ0n) is 15.5. The van der Waals surface area contributed by atoms with Gasteiger partial charge in [-0.1, -0.05) is 66.2 Å². The molecule has 0 aliphatic rings. The first-order valence-corrected chi connectivity index (χ1v) is 8.80. The molecule has 0 unspecified atom stereocenters. The van der Waals surface area contributed by atoms with Gasteiger partial charge in [-0.2, -0.15) is 0 Å². The van der Waals surface area contributed by atoms with E-state index >= 15 is 0 Å². The molecule has 0 bridgehead atoms. The SMILES string of the molecule is Cc1cc(C)c(NC(=O)CNc2ccccc2-c2ccccc2)c(C)c1. The van der Waals surface area contributed by atoms with Crippen LogP contribution in [0.2, 0.25) is 0 Å². The molecule has 0 aromatic heterocycles. The Morgan fingerprint density at radius 2 is 1.46 bits per heavy atom. The van der Waals surface area contributed by atoms with Crippen LogP contribution in [0.5, 0.6) is 0 Å². The first-order chi connectivity index (χ1) is 12.5. The number of amides is 1. The molecule has 0 aliphatic carbocycles. The van der Waals surface area contributed by atoms with Gasteiger partial charge in [-0.15, -0.1) is 0 Å². The molecule has 3 aromatic rings. The van der Waals surface area contributed by atoms with E-state index in [4.69, 9.17) is 0 Å². The van der Waals surface area contributed by atoms with E-state index in [0.29, 0.717) is 0 Å². The van der Waals surface area contributed by atoms with Crippen molar-refractivity contribution in [2.45, 2.75) is 20.8 Å². The van der Waals surface area contributed by atoms with Crippen LogP contribution in [0, 0.1) is 20.8 Å². The minimum Gasteiger partial charge on any atom is -0.376 e. The summed E-state index contributed by atoms with van der Waals surface area (Å²) in [6.07, 6.45) is 0. The molecule has 2 N–H and O–H groups in total. The van der Waals surface area contributed by atoms with E-state index < -0.39 is 0 Å². The predicted molar refractivity (Wildman–Crippen MR) is 110 cm³/mol. The highest BCUT2D eigenvalue weighted by atomic mass is 16.1. The molecule has 3 rings (SSSR count). The average Bonchev–Trinajstić information content (AvgIpc) is 2.64. The number of anilines is 2. The Morgan fingerprint density at radius 3 is 2.15 bits per heavy atom. The van der Waals surface area contributed by atoms with Gasteiger partial charge in [0.1, 0.15) is 0 Å². The Labute approximate surface area is 155 Å². The molecule has 0 heterocycles. The molecule has 1 amide bonds. The van der Waals surface area contributed by atoms with Crippen molar-refractivity contribution in [2.24, 2.45) is 0 Å². The lowest BCUT2D eigenvalue weighted by Gasteiger charge is -2.15. The highest BCUT2D eigenvalue weighted by Gasteiger charge is 2.10. The smallest absolute Gasteiger partial charge is 0.243 e. The number of rotatable bonds is 5. The normalized spacial score (nSPS) is 10.4. The summed E-state index contributed by atoms with van der Waals surface area (Å²) in [5, 5.41) is 6.30. The van der Waals surface area contributed by atoms with Gasteiger partial charge in [0.2, 0.25) is 5.91 Å². The van der Waals surface area contributed by atoms with Crippen molar-refractivity contribution >= 4 is 17.3 Å². The lowest BCUT2D eigenvalue weighted by molar-refractivity contribution is -0.114. The molecule has 26 heavy (non-hydrogen) atoms. The number of para-hydroxylation sites is 1. The Bertz CT molecular complexity index is 893. The number of aryl methyl sites for hydroxylation is 3. The minimum atomic E-state index is -0.0529. The summed E-state index contributed by atoms with van der Waals surface area (Å²) in [7, 11) is 0. The number of nitrogens with one attached hydrogen (secondary N) is 2. The average molecular weight is 344 g/mol. The zero-order valence-corrected chi connectivity index (χ0v) is 15.5. The zero-order chi connectivity index (χ0) is 18.5. The maximum absolute atomic E-state index is 12.4. The third kappa shape index (κ3) is 4.12. The molecule has 0 fully saturated rings. The van der Waals surface area contributed by atoms with Crippen LogP contribution in [0.15, 0.2) is 66.7 Å². The van der Waals surface area contributed by atoms with Crippen LogP contribution in [0.25, 0.3) is 11.1 Å². The molecule has 0 atom stereocenters. The van der Waals surface area contributed by atoms with E-state index in [1.807, 2.05) is 50.2 Å². The van der Waals surface area contributed by atoms with E-state index in [1.54, 1.807) is 0 Å². The number of hydrogen-bond acceptors (Lipinski definition) is 2. The molecule has 3 nitrogen and oxygen atoms in total. The van der Waals surface area contributed by atoms with Crippen LogP contribution in [0.3, 0.4) is 0 Å². The largest absolute Gasteiger partial charge is 0.376 e. The molecule has 0 saturated heterocycles.